The van der Waals surface area contributed by atoms with Crippen molar-refractivity contribution < 1.29 is 23.9 Å². The highest BCUT2D eigenvalue weighted by atomic mass is 16.6. The molecule has 0 aliphatic heterocycles. The van der Waals surface area contributed by atoms with Gasteiger partial charge >= 0.3 is 12.0 Å². The normalized spacial score (nSPS) is 11.5. The lowest BCUT2D eigenvalue weighted by Gasteiger charge is -2.13. The highest BCUT2D eigenvalue weighted by Gasteiger charge is 2.19. The first-order valence-electron chi connectivity index (χ1n) is 6.87. The van der Waals surface area contributed by atoms with Gasteiger partial charge in [-0.2, -0.15) is 0 Å². The maximum absolute atomic E-state index is 11.7. The van der Waals surface area contributed by atoms with Crippen LogP contribution in [0.2, 0.25) is 0 Å². The van der Waals surface area contributed by atoms with E-state index in [-0.39, 0.29) is 6.61 Å². The minimum Gasteiger partial charge on any atom is -0.481 e. The molecule has 0 heterocycles. The predicted octanol–water partition coefficient (Wildman–Crippen LogP) is 1.35. The summed E-state index contributed by atoms with van der Waals surface area (Å²) in [4.78, 5) is 33.7. The Morgan fingerprint density at radius 1 is 1.13 bits per heavy atom. The van der Waals surface area contributed by atoms with E-state index in [4.69, 9.17) is 15.2 Å². The van der Waals surface area contributed by atoms with Crippen molar-refractivity contribution in [2.75, 3.05) is 6.61 Å². The number of primary amides is 1. The predicted molar refractivity (Wildman–Crippen MR) is 82.7 cm³/mol. The SMILES string of the molecule is CC(OC(=O)COc1cccc2ccccc12)C(=O)NC(N)=O. The minimum absolute atomic E-state index is 0.359. The first-order valence-corrected chi connectivity index (χ1v) is 6.87. The van der Waals surface area contributed by atoms with Gasteiger partial charge in [0.05, 0.1) is 0 Å². The first-order chi connectivity index (χ1) is 11.0. The van der Waals surface area contributed by atoms with E-state index in [1.807, 2.05) is 41.7 Å². The molecule has 0 bridgehead atoms. The highest BCUT2D eigenvalue weighted by Crippen LogP contribution is 2.24. The Kier molecular flexibility index (Phi) is 5.14. The van der Waals surface area contributed by atoms with E-state index in [0.29, 0.717) is 5.75 Å². The largest absolute Gasteiger partial charge is 0.481 e. The number of carbonyl (C=O) groups is 3. The molecule has 1 unspecified atom stereocenters. The molecule has 3 N–H and O–H groups in total. The summed E-state index contributed by atoms with van der Waals surface area (Å²) < 4.78 is 10.3. The molecular weight excluding hydrogens is 300 g/mol. The van der Waals surface area contributed by atoms with Crippen LogP contribution in [0.3, 0.4) is 0 Å². The zero-order chi connectivity index (χ0) is 16.8. The molecule has 0 radical (unpaired) electrons. The van der Waals surface area contributed by atoms with Gasteiger partial charge in [-0.15, -0.1) is 0 Å². The van der Waals surface area contributed by atoms with Crippen molar-refractivity contribution in [2.24, 2.45) is 5.73 Å². The number of hydrogen-bond acceptors (Lipinski definition) is 5. The molecule has 0 fully saturated rings. The molecule has 3 amide bonds. The topological polar surface area (TPSA) is 108 Å². The zero-order valence-electron chi connectivity index (χ0n) is 12.4. The van der Waals surface area contributed by atoms with Crippen LogP contribution in [0.1, 0.15) is 6.92 Å². The molecule has 0 aliphatic carbocycles. The highest BCUT2D eigenvalue weighted by molar-refractivity contribution is 5.96. The van der Waals surface area contributed by atoms with Crippen molar-refractivity contribution in [2.45, 2.75) is 13.0 Å². The average molecular weight is 316 g/mol. The number of nitrogens with two attached hydrogens (primary N) is 1. The van der Waals surface area contributed by atoms with E-state index in [0.717, 1.165) is 10.8 Å². The number of amides is 3. The summed E-state index contributed by atoms with van der Waals surface area (Å²) in [7, 11) is 0. The number of esters is 1. The Balaban J connectivity index is 1.93. The van der Waals surface area contributed by atoms with Gasteiger partial charge in [-0.05, 0) is 18.4 Å². The Hall–Kier alpha value is -3.09. The smallest absolute Gasteiger partial charge is 0.344 e. The molecule has 0 aromatic heterocycles. The zero-order valence-corrected chi connectivity index (χ0v) is 12.4. The van der Waals surface area contributed by atoms with Crippen molar-refractivity contribution in [1.29, 1.82) is 0 Å². The maximum atomic E-state index is 11.7. The molecule has 2 rings (SSSR count). The third-order valence-corrected chi connectivity index (χ3v) is 3.02. The minimum atomic E-state index is -1.15. The third-order valence-electron chi connectivity index (χ3n) is 3.02. The molecule has 1 atom stereocenters. The van der Waals surface area contributed by atoms with Crippen molar-refractivity contribution in [1.82, 2.24) is 5.32 Å². The van der Waals surface area contributed by atoms with Crippen LogP contribution in [0.25, 0.3) is 10.8 Å². The van der Waals surface area contributed by atoms with Gasteiger partial charge < -0.3 is 15.2 Å². The molecule has 0 spiro atoms. The molecular formula is C16H16N2O5. The molecule has 23 heavy (non-hydrogen) atoms. The van der Waals surface area contributed by atoms with Gasteiger partial charge in [0.1, 0.15) is 5.75 Å². The monoisotopic (exact) mass is 316 g/mol. The van der Waals surface area contributed by atoms with Crippen molar-refractivity contribution in [3.05, 3.63) is 42.5 Å². The third kappa shape index (κ3) is 4.44. The lowest BCUT2D eigenvalue weighted by Crippen LogP contribution is -2.42. The number of nitrogens with one attached hydrogen (secondary N) is 1. The first kappa shape index (κ1) is 16.3. The number of hydrogen-bond donors (Lipinski definition) is 2. The molecule has 0 saturated carbocycles. The Labute approximate surface area is 132 Å². The summed E-state index contributed by atoms with van der Waals surface area (Å²) in [5.41, 5.74) is 4.81. The number of urea groups is 1. The van der Waals surface area contributed by atoms with Gasteiger partial charge in [-0.1, -0.05) is 36.4 Å². The lowest BCUT2D eigenvalue weighted by atomic mass is 10.1. The fourth-order valence-corrected chi connectivity index (χ4v) is 1.97. The summed E-state index contributed by atoms with van der Waals surface area (Å²) in [6.07, 6.45) is -1.15. The quantitative estimate of drug-likeness (QED) is 0.809. The van der Waals surface area contributed by atoms with E-state index in [1.54, 1.807) is 6.07 Å². The van der Waals surface area contributed by atoms with Gasteiger partial charge in [0.25, 0.3) is 5.91 Å². The molecule has 120 valence electrons. The van der Waals surface area contributed by atoms with Crippen molar-refractivity contribution in [3.8, 4) is 5.75 Å². The second-order valence-corrected chi connectivity index (χ2v) is 4.75. The van der Waals surface area contributed by atoms with Gasteiger partial charge in [0.2, 0.25) is 0 Å². The Bertz CT molecular complexity index is 739. The van der Waals surface area contributed by atoms with Crippen LogP contribution in [0.15, 0.2) is 42.5 Å². The van der Waals surface area contributed by atoms with Gasteiger partial charge in [0, 0.05) is 5.39 Å². The van der Waals surface area contributed by atoms with Gasteiger partial charge in [-0.3, -0.25) is 10.1 Å². The summed E-state index contributed by atoms with van der Waals surface area (Å²) in [5.74, 6) is -0.990. The van der Waals surface area contributed by atoms with Crippen LogP contribution in [-0.4, -0.2) is 30.6 Å². The second-order valence-electron chi connectivity index (χ2n) is 4.75. The average Bonchev–Trinajstić information content (AvgIpc) is 2.52. The molecule has 2 aromatic rings. The van der Waals surface area contributed by atoms with Crippen LogP contribution >= 0.6 is 0 Å². The van der Waals surface area contributed by atoms with Crippen LogP contribution in [0.5, 0.6) is 5.75 Å². The number of imide groups is 1. The van der Waals surface area contributed by atoms with E-state index < -0.39 is 24.0 Å². The van der Waals surface area contributed by atoms with Crippen LogP contribution < -0.4 is 15.8 Å². The molecule has 0 saturated heterocycles. The van der Waals surface area contributed by atoms with Crippen LogP contribution in [0.4, 0.5) is 4.79 Å². The van der Waals surface area contributed by atoms with Crippen molar-refractivity contribution in [3.63, 3.8) is 0 Å². The second kappa shape index (κ2) is 7.26. The molecule has 7 heteroatoms. The molecule has 7 nitrogen and oxygen atoms in total. The Morgan fingerprint density at radius 3 is 2.57 bits per heavy atom. The van der Waals surface area contributed by atoms with Gasteiger partial charge in [-0.25, -0.2) is 9.59 Å². The van der Waals surface area contributed by atoms with Crippen molar-refractivity contribution >= 4 is 28.7 Å². The molecule has 2 aromatic carbocycles. The lowest BCUT2D eigenvalue weighted by molar-refractivity contribution is -0.156. The number of benzene rings is 2. The fraction of sp³-hybridized carbons (Fsp3) is 0.188. The number of fused-ring (bicyclic) bond motifs is 1. The number of ether oxygens (including phenoxy) is 2. The number of carbonyl (C=O) groups excluding carboxylic acids is 3. The fourth-order valence-electron chi connectivity index (χ4n) is 1.97. The molecule has 0 aliphatic rings. The van der Waals surface area contributed by atoms with E-state index >= 15 is 0 Å². The standard InChI is InChI=1S/C16H16N2O5/c1-10(15(20)18-16(17)21)23-14(19)9-22-13-8-4-6-11-5-2-3-7-12(11)13/h2-8,10H,9H2,1H3,(H3,17,18,20,21). The summed E-state index contributed by atoms with van der Waals surface area (Å²) in [5, 5.41) is 3.67. The van der Waals surface area contributed by atoms with Gasteiger partial charge in [0.15, 0.2) is 12.7 Å². The summed E-state index contributed by atoms with van der Waals surface area (Å²) in [6, 6.07) is 12.0. The maximum Gasteiger partial charge on any atom is 0.344 e. The summed E-state index contributed by atoms with van der Waals surface area (Å²) in [6.45, 7) is 0.969. The summed E-state index contributed by atoms with van der Waals surface area (Å²) >= 11 is 0. The number of rotatable bonds is 5. The van der Waals surface area contributed by atoms with E-state index in [9.17, 15) is 14.4 Å². The van der Waals surface area contributed by atoms with E-state index in [2.05, 4.69) is 0 Å². The van der Waals surface area contributed by atoms with E-state index in [1.165, 1.54) is 6.92 Å². The Morgan fingerprint density at radius 2 is 1.83 bits per heavy atom. The van der Waals surface area contributed by atoms with Crippen LogP contribution in [0, 0.1) is 0 Å². The van der Waals surface area contributed by atoms with Crippen LogP contribution in [-0.2, 0) is 14.3 Å².